The van der Waals surface area contributed by atoms with E-state index in [1.54, 1.807) is 24.3 Å². The highest BCUT2D eigenvalue weighted by molar-refractivity contribution is 6.00. The molecule has 3 nitrogen and oxygen atoms in total. The molecule has 1 amide bonds. The van der Waals surface area contributed by atoms with Crippen LogP contribution in [0.5, 0.6) is 0 Å². The first-order chi connectivity index (χ1) is 11.4. The maximum Gasteiger partial charge on any atom is 0.217 e. The van der Waals surface area contributed by atoms with E-state index in [1.807, 2.05) is 6.92 Å². The normalized spacial score (nSPS) is 11.0. The maximum atomic E-state index is 14.5. The summed E-state index contributed by atoms with van der Waals surface area (Å²) in [7, 11) is 0. The third-order valence-electron chi connectivity index (χ3n) is 3.59. The fourth-order valence-electron chi connectivity index (χ4n) is 2.40. The van der Waals surface area contributed by atoms with Gasteiger partial charge in [0.25, 0.3) is 0 Å². The quantitative estimate of drug-likeness (QED) is 0.763. The van der Waals surface area contributed by atoms with Crippen molar-refractivity contribution in [2.75, 3.05) is 0 Å². The van der Waals surface area contributed by atoms with Crippen molar-refractivity contribution in [3.05, 3.63) is 65.2 Å². The summed E-state index contributed by atoms with van der Waals surface area (Å²) in [4.78, 5) is 10.8. The van der Waals surface area contributed by atoms with Crippen LogP contribution < -0.4 is 5.73 Å². The van der Waals surface area contributed by atoms with Crippen molar-refractivity contribution < 1.29 is 13.6 Å². The predicted molar refractivity (Wildman–Crippen MR) is 91.8 cm³/mol. The van der Waals surface area contributed by atoms with E-state index in [0.29, 0.717) is 16.7 Å². The summed E-state index contributed by atoms with van der Waals surface area (Å²) in [6, 6.07) is 8.53. The molecule has 0 unspecified atom stereocenters. The summed E-state index contributed by atoms with van der Waals surface area (Å²) in [5, 5.41) is 7.89. The second-order valence-electron chi connectivity index (χ2n) is 5.37. The molecule has 124 valence electrons. The zero-order valence-corrected chi connectivity index (χ0v) is 13.3. The predicted octanol–water partition coefficient (Wildman–Crippen LogP) is 4.30. The number of hydrogen-bond donors (Lipinski definition) is 2. The third kappa shape index (κ3) is 4.13. The first-order valence-electron chi connectivity index (χ1n) is 7.50. The van der Waals surface area contributed by atoms with E-state index in [-0.39, 0.29) is 24.1 Å². The van der Waals surface area contributed by atoms with Crippen LogP contribution >= 0.6 is 0 Å². The summed E-state index contributed by atoms with van der Waals surface area (Å²) in [5.41, 5.74) is 6.97. The van der Waals surface area contributed by atoms with Gasteiger partial charge in [-0.3, -0.25) is 4.79 Å². The second kappa shape index (κ2) is 7.64. The van der Waals surface area contributed by atoms with E-state index >= 15 is 0 Å². The van der Waals surface area contributed by atoms with Crippen molar-refractivity contribution in [1.29, 1.82) is 5.41 Å². The molecule has 2 aromatic rings. The van der Waals surface area contributed by atoms with Gasteiger partial charge in [-0.15, -0.1) is 0 Å². The number of nitrogens with one attached hydrogen (secondary N) is 1. The Kier molecular flexibility index (Phi) is 5.58. The smallest absolute Gasteiger partial charge is 0.217 e. The molecule has 0 saturated carbocycles. The molecule has 3 N–H and O–H groups in total. The van der Waals surface area contributed by atoms with Crippen LogP contribution in [0.2, 0.25) is 0 Å². The number of amides is 1. The van der Waals surface area contributed by atoms with Crippen LogP contribution in [0.3, 0.4) is 0 Å². The zero-order chi connectivity index (χ0) is 17.7. The van der Waals surface area contributed by atoms with Crippen molar-refractivity contribution >= 4 is 17.7 Å². The highest BCUT2D eigenvalue weighted by Gasteiger charge is 2.12. The highest BCUT2D eigenvalue weighted by Crippen LogP contribution is 2.29. The molecule has 0 spiro atoms. The molecule has 0 saturated heterocycles. The van der Waals surface area contributed by atoms with Crippen LogP contribution in [-0.4, -0.2) is 11.6 Å². The van der Waals surface area contributed by atoms with Gasteiger partial charge >= 0.3 is 0 Å². The number of rotatable bonds is 6. The molecule has 0 radical (unpaired) electrons. The number of hydrogen-bond acceptors (Lipinski definition) is 2. The summed E-state index contributed by atoms with van der Waals surface area (Å²) in [5.74, 6) is -1.50. The summed E-state index contributed by atoms with van der Waals surface area (Å²) < 4.78 is 28.1. The maximum absolute atomic E-state index is 14.5. The molecule has 0 bridgehead atoms. The minimum atomic E-state index is -0.548. The Bertz CT molecular complexity index is 813. The van der Waals surface area contributed by atoms with E-state index < -0.39 is 17.5 Å². The average Bonchev–Trinajstić information content (AvgIpc) is 2.54. The van der Waals surface area contributed by atoms with Crippen molar-refractivity contribution in [3.8, 4) is 11.1 Å². The van der Waals surface area contributed by atoms with Crippen molar-refractivity contribution in [2.45, 2.75) is 19.8 Å². The Morgan fingerprint density at radius 2 is 1.88 bits per heavy atom. The summed E-state index contributed by atoms with van der Waals surface area (Å²) >= 11 is 0. The number of nitrogens with two attached hydrogens (primary N) is 1. The molecule has 24 heavy (non-hydrogen) atoms. The zero-order valence-electron chi connectivity index (χ0n) is 13.3. The number of halogens is 2. The van der Waals surface area contributed by atoms with E-state index in [1.165, 1.54) is 24.3 Å². The van der Waals surface area contributed by atoms with Gasteiger partial charge in [-0.25, -0.2) is 8.78 Å². The van der Waals surface area contributed by atoms with Gasteiger partial charge in [0.05, 0.1) is 0 Å². The monoisotopic (exact) mass is 328 g/mol. The molecule has 0 fully saturated rings. The molecule has 2 aromatic carbocycles. The van der Waals surface area contributed by atoms with Crippen LogP contribution in [0.4, 0.5) is 8.78 Å². The number of benzene rings is 2. The van der Waals surface area contributed by atoms with E-state index in [4.69, 9.17) is 11.1 Å². The molecule has 0 aliphatic heterocycles. The molecule has 0 aliphatic carbocycles. The van der Waals surface area contributed by atoms with Gasteiger partial charge in [0, 0.05) is 17.7 Å². The molecule has 2 rings (SSSR count). The van der Waals surface area contributed by atoms with Crippen LogP contribution in [0, 0.1) is 17.0 Å². The number of carbonyl (C=O) groups is 1. The lowest BCUT2D eigenvalue weighted by atomic mass is 9.96. The fraction of sp³-hybridized carbons (Fsp3) is 0.158. The van der Waals surface area contributed by atoms with Gasteiger partial charge < -0.3 is 11.1 Å². The van der Waals surface area contributed by atoms with E-state index in [2.05, 4.69) is 0 Å². The van der Waals surface area contributed by atoms with E-state index in [0.717, 1.165) is 0 Å². The van der Waals surface area contributed by atoms with Gasteiger partial charge in [-0.2, -0.15) is 0 Å². The lowest BCUT2D eigenvalue weighted by molar-refractivity contribution is -0.117. The van der Waals surface area contributed by atoms with Crippen LogP contribution in [-0.2, 0) is 4.79 Å². The molecule has 0 heterocycles. The second-order valence-corrected chi connectivity index (χ2v) is 5.37. The average molecular weight is 328 g/mol. The largest absolute Gasteiger partial charge is 0.370 e. The Labute approximate surface area is 139 Å². The van der Waals surface area contributed by atoms with Crippen LogP contribution in [0.1, 0.15) is 30.9 Å². The Morgan fingerprint density at radius 3 is 2.50 bits per heavy atom. The Balaban J connectivity index is 2.39. The summed E-state index contributed by atoms with van der Waals surface area (Å²) in [6.07, 6.45) is 3.76. The van der Waals surface area contributed by atoms with Crippen molar-refractivity contribution in [3.63, 3.8) is 0 Å². The van der Waals surface area contributed by atoms with Crippen molar-refractivity contribution in [2.24, 2.45) is 5.73 Å². The topological polar surface area (TPSA) is 66.9 Å². The molecule has 0 atom stereocenters. The van der Waals surface area contributed by atoms with Gasteiger partial charge in [0.15, 0.2) is 0 Å². The Hall–Kier alpha value is -2.82. The SMILES string of the molecule is C/C=C/c1ccc(F)cc1-c1ccc(C(=N)CCC(N)=O)cc1F. The number of primary amides is 1. The van der Waals surface area contributed by atoms with Gasteiger partial charge in [-0.05, 0) is 48.2 Å². The van der Waals surface area contributed by atoms with Gasteiger partial charge in [-0.1, -0.05) is 30.4 Å². The van der Waals surface area contributed by atoms with Crippen LogP contribution in [0.25, 0.3) is 17.2 Å². The number of allylic oxidation sites excluding steroid dienone is 1. The standard InChI is InChI=1S/C19H18F2N2O/c1-2-3-12-4-6-14(20)11-16(12)15-7-5-13(10-17(15)21)18(22)8-9-19(23)24/h2-7,10-11,22H,8-9H2,1H3,(H2,23,24)/b3-2+,22-18?. The van der Waals surface area contributed by atoms with E-state index in [9.17, 15) is 13.6 Å². The lowest BCUT2D eigenvalue weighted by Gasteiger charge is -2.10. The minimum Gasteiger partial charge on any atom is -0.370 e. The molecular weight excluding hydrogens is 310 g/mol. The number of carbonyl (C=O) groups excluding carboxylic acids is 1. The van der Waals surface area contributed by atoms with Crippen LogP contribution in [0.15, 0.2) is 42.5 Å². The van der Waals surface area contributed by atoms with Crippen molar-refractivity contribution in [1.82, 2.24) is 0 Å². The van der Waals surface area contributed by atoms with Gasteiger partial charge in [0.2, 0.25) is 5.91 Å². The third-order valence-corrected chi connectivity index (χ3v) is 3.59. The Morgan fingerprint density at radius 1 is 1.12 bits per heavy atom. The molecule has 0 aliphatic rings. The fourth-order valence-corrected chi connectivity index (χ4v) is 2.40. The molecule has 0 aromatic heterocycles. The first-order valence-corrected chi connectivity index (χ1v) is 7.50. The highest BCUT2D eigenvalue weighted by atomic mass is 19.1. The molecule has 5 heteroatoms. The minimum absolute atomic E-state index is 0.0392. The first kappa shape index (κ1) is 17.5. The van der Waals surface area contributed by atoms with Gasteiger partial charge in [0.1, 0.15) is 11.6 Å². The molecular formula is C19H18F2N2O. The summed E-state index contributed by atoms with van der Waals surface area (Å²) in [6.45, 7) is 1.83. The lowest BCUT2D eigenvalue weighted by Crippen LogP contribution is -2.12.